The molecule has 0 atom stereocenters. The van der Waals surface area contributed by atoms with Gasteiger partial charge in [0.15, 0.2) is 0 Å². The third-order valence-corrected chi connectivity index (χ3v) is 3.23. The molecule has 0 spiro atoms. The van der Waals surface area contributed by atoms with Crippen LogP contribution < -0.4 is 5.73 Å². The molecule has 0 aromatic heterocycles. The molecule has 0 radical (unpaired) electrons. The van der Waals surface area contributed by atoms with Crippen LogP contribution in [-0.4, -0.2) is 5.54 Å². The Bertz CT molecular complexity index is 491. The van der Waals surface area contributed by atoms with Crippen molar-refractivity contribution in [2.75, 3.05) is 0 Å². The van der Waals surface area contributed by atoms with E-state index in [9.17, 15) is 0 Å². The average molecular weight is 253 g/mol. The summed E-state index contributed by atoms with van der Waals surface area (Å²) < 4.78 is 0. The zero-order chi connectivity index (χ0) is 13.7. The molecule has 0 saturated heterocycles. The molecule has 1 nitrogen and oxygen atoms in total. The van der Waals surface area contributed by atoms with Gasteiger partial charge in [0, 0.05) is 5.54 Å². The van der Waals surface area contributed by atoms with Crippen LogP contribution in [0.1, 0.15) is 30.5 Å². The fourth-order valence-electron chi connectivity index (χ4n) is 2.28. The first-order valence-corrected chi connectivity index (χ1v) is 6.93. The van der Waals surface area contributed by atoms with Gasteiger partial charge in [-0.25, -0.2) is 0 Å². The Labute approximate surface area is 116 Å². The lowest BCUT2D eigenvalue weighted by atomic mass is 9.95. The van der Waals surface area contributed by atoms with Gasteiger partial charge < -0.3 is 5.73 Å². The van der Waals surface area contributed by atoms with E-state index in [0.29, 0.717) is 0 Å². The molecular weight excluding hydrogens is 230 g/mol. The van der Waals surface area contributed by atoms with Crippen molar-refractivity contribution in [3.63, 3.8) is 0 Å². The minimum atomic E-state index is -0.133. The summed E-state index contributed by atoms with van der Waals surface area (Å²) in [5, 5.41) is 0. The highest BCUT2D eigenvalue weighted by atomic mass is 14.7. The molecule has 0 fully saturated rings. The van der Waals surface area contributed by atoms with Crippen molar-refractivity contribution in [2.24, 2.45) is 5.73 Å². The second-order valence-corrected chi connectivity index (χ2v) is 5.97. The van der Waals surface area contributed by atoms with Crippen molar-refractivity contribution in [1.29, 1.82) is 0 Å². The van der Waals surface area contributed by atoms with E-state index < -0.39 is 0 Å². The van der Waals surface area contributed by atoms with Gasteiger partial charge in [-0.05, 0) is 49.8 Å². The zero-order valence-corrected chi connectivity index (χ0v) is 11.9. The lowest BCUT2D eigenvalue weighted by molar-refractivity contribution is 0.516. The molecule has 0 unspecified atom stereocenters. The molecule has 0 aliphatic heterocycles. The summed E-state index contributed by atoms with van der Waals surface area (Å²) in [4.78, 5) is 0. The second-order valence-electron chi connectivity index (χ2n) is 5.97. The summed E-state index contributed by atoms with van der Waals surface area (Å²) in [5.41, 5.74) is 10.0. The number of hydrogen-bond donors (Lipinski definition) is 1. The minimum absolute atomic E-state index is 0.133. The van der Waals surface area contributed by atoms with Crippen molar-refractivity contribution in [3.05, 3.63) is 71.3 Å². The molecule has 0 heterocycles. The first-order valence-electron chi connectivity index (χ1n) is 6.93. The van der Waals surface area contributed by atoms with E-state index in [1.165, 1.54) is 16.7 Å². The van der Waals surface area contributed by atoms with Crippen LogP contribution in [0.2, 0.25) is 0 Å². The van der Waals surface area contributed by atoms with E-state index in [1.54, 1.807) is 0 Å². The average Bonchev–Trinajstić information content (AvgIpc) is 2.37. The first kappa shape index (κ1) is 13.8. The molecule has 0 aliphatic carbocycles. The number of rotatable bonds is 5. The van der Waals surface area contributed by atoms with Gasteiger partial charge in [0.2, 0.25) is 0 Å². The highest BCUT2D eigenvalue weighted by Gasteiger charge is 2.11. The number of nitrogens with two attached hydrogens (primary N) is 1. The number of hydrogen-bond acceptors (Lipinski definition) is 1. The number of benzene rings is 2. The summed E-state index contributed by atoms with van der Waals surface area (Å²) in [6, 6.07) is 19.5. The maximum Gasteiger partial charge on any atom is 0.0138 e. The second kappa shape index (κ2) is 6.03. The lowest BCUT2D eigenvalue weighted by Crippen LogP contribution is -2.34. The Balaban J connectivity index is 1.92. The predicted molar refractivity (Wildman–Crippen MR) is 82.3 cm³/mol. The molecular formula is C18H23N. The standard InChI is InChI=1S/C18H23N/c1-18(2,19)14-17-12-10-16(11-13-17)9-8-15-6-4-3-5-7-15/h3-7,10-13H,8-9,14,19H2,1-2H3. The smallest absolute Gasteiger partial charge is 0.0138 e. The van der Waals surface area contributed by atoms with Crippen LogP contribution in [0.25, 0.3) is 0 Å². The van der Waals surface area contributed by atoms with Gasteiger partial charge in [-0.1, -0.05) is 54.6 Å². The van der Waals surface area contributed by atoms with Gasteiger partial charge in [-0.3, -0.25) is 0 Å². The van der Waals surface area contributed by atoms with Gasteiger partial charge >= 0.3 is 0 Å². The van der Waals surface area contributed by atoms with Crippen molar-refractivity contribution in [2.45, 2.75) is 38.6 Å². The third-order valence-electron chi connectivity index (χ3n) is 3.23. The Morgan fingerprint density at radius 2 is 1.21 bits per heavy atom. The maximum absolute atomic E-state index is 6.04. The molecule has 0 bridgehead atoms. The van der Waals surface area contributed by atoms with Gasteiger partial charge in [-0.15, -0.1) is 0 Å². The Morgan fingerprint density at radius 1 is 0.737 bits per heavy atom. The van der Waals surface area contributed by atoms with Gasteiger partial charge in [0.25, 0.3) is 0 Å². The van der Waals surface area contributed by atoms with Crippen molar-refractivity contribution < 1.29 is 0 Å². The quantitative estimate of drug-likeness (QED) is 0.863. The summed E-state index contributed by atoms with van der Waals surface area (Å²) >= 11 is 0. The molecule has 19 heavy (non-hydrogen) atoms. The normalized spacial score (nSPS) is 11.5. The lowest BCUT2D eigenvalue weighted by Gasteiger charge is -2.18. The highest BCUT2D eigenvalue weighted by Crippen LogP contribution is 2.13. The van der Waals surface area contributed by atoms with Gasteiger partial charge in [-0.2, -0.15) is 0 Å². The molecule has 0 saturated carbocycles. The monoisotopic (exact) mass is 253 g/mol. The Kier molecular flexibility index (Phi) is 4.39. The first-order chi connectivity index (χ1) is 9.03. The fraction of sp³-hybridized carbons (Fsp3) is 0.333. The van der Waals surface area contributed by atoms with Gasteiger partial charge in [0.1, 0.15) is 0 Å². The highest BCUT2D eigenvalue weighted by molar-refractivity contribution is 5.25. The van der Waals surface area contributed by atoms with Crippen molar-refractivity contribution in [3.8, 4) is 0 Å². The van der Waals surface area contributed by atoms with Crippen molar-refractivity contribution in [1.82, 2.24) is 0 Å². The van der Waals surface area contributed by atoms with Crippen LogP contribution in [0, 0.1) is 0 Å². The predicted octanol–water partition coefficient (Wildman–Crippen LogP) is 3.75. The molecule has 2 aromatic rings. The van der Waals surface area contributed by atoms with Crippen LogP contribution in [0.5, 0.6) is 0 Å². The van der Waals surface area contributed by atoms with Crippen LogP contribution in [0.3, 0.4) is 0 Å². The van der Waals surface area contributed by atoms with E-state index in [2.05, 4.69) is 68.4 Å². The van der Waals surface area contributed by atoms with E-state index in [1.807, 2.05) is 0 Å². The summed E-state index contributed by atoms with van der Waals surface area (Å²) in [6.07, 6.45) is 3.12. The van der Waals surface area contributed by atoms with E-state index in [-0.39, 0.29) is 5.54 Å². The maximum atomic E-state index is 6.04. The topological polar surface area (TPSA) is 26.0 Å². The van der Waals surface area contributed by atoms with Crippen LogP contribution in [0.15, 0.2) is 54.6 Å². The molecule has 100 valence electrons. The minimum Gasteiger partial charge on any atom is -0.325 e. The third kappa shape index (κ3) is 4.88. The summed E-state index contributed by atoms with van der Waals surface area (Å²) in [6.45, 7) is 4.13. The number of aryl methyl sites for hydroxylation is 2. The summed E-state index contributed by atoms with van der Waals surface area (Å²) in [5.74, 6) is 0. The van der Waals surface area contributed by atoms with Crippen LogP contribution in [-0.2, 0) is 19.3 Å². The molecule has 0 aliphatic rings. The van der Waals surface area contributed by atoms with E-state index >= 15 is 0 Å². The molecule has 1 heteroatoms. The van der Waals surface area contributed by atoms with Crippen LogP contribution >= 0.6 is 0 Å². The Hall–Kier alpha value is -1.60. The zero-order valence-electron chi connectivity index (χ0n) is 11.9. The Morgan fingerprint density at radius 3 is 1.74 bits per heavy atom. The van der Waals surface area contributed by atoms with Gasteiger partial charge in [0.05, 0.1) is 0 Å². The SMILES string of the molecule is CC(C)(N)Cc1ccc(CCc2ccccc2)cc1. The van der Waals surface area contributed by atoms with Crippen molar-refractivity contribution >= 4 is 0 Å². The molecule has 2 N–H and O–H groups in total. The molecule has 2 aromatic carbocycles. The summed E-state index contributed by atoms with van der Waals surface area (Å²) in [7, 11) is 0. The van der Waals surface area contributed by atoms with E-state index in [4.69, 9.17) is 5.73 Å². The fourth-order valence-corrected chi connectivity index (χ4v) is 2.28. The van der Waals surface area contributed by atoms with E-state index in [0.717, 1.165) is 19.3 Å². The largest absolute Gasteiger partial charge is 0.325 e. The molecule has 0 amide bonds. The van der Waals surface area contributed by atoms with Crippen LogP contribution in [0.4, 0.5) is 0 Å². The molecule has 2 rings (SSSR count).